The van der Waals surface area contributed by atoms with Gasteiger partial charge in [0.2, 0.25) is 5.91 Å². The number of nitrogens with zero attached hydrogens (tertiary/aromatic N) is 1. The normalized spacial score (nSPS) is 32.7. The molecule has 6 heteroatoms. The molecule has 6 nitrogen and oxygen atoms in total. The Morgan fingerprint density at radius 2 is 2.12 bits per heavy atom. The lowest BCUT2D eigenvalue weighted by Gasteiger charge is -2.27. The van der Waals surface area contributed by atoms with Crippen molar-refractivity contribution in [2.24, 2.45) is 11.8 Å². The van der Waals surface area contributed by atoms with E-state index in [0.717, 1.165) is 11.3 Å². The third kappa shape index (κ3) is 2.35. The van der Waals surface area contributed by atoms with Crippen molar-refractivity contribution in [3.63, 3.8) is 0 Å². The van der Waals surface area contributed by atoms with Gasteiger partial charge in [0.25, 0.3) is 0 Å². The largest absolute Gasteiger partial charge is 0.497 e. The van der Waals surface area contributed by atoms with E-state index in [1.165, 1.54) is 0 Å². The summed E-state index contributed by atoms with van der Waals surface area (Å²) in [5, 5.41) is 0. The van der Waals surface area contributed by atoms with E-state index in [4.69, 9.17) is 14.2 Å². The SMILES string of the molecule is CCOC(=O)[C@H]1[C@H]2C=C[C@@]3(CN([C@@H](C)c4ccc(OC)cc4)C(=O)[C@@H]13)O2. The van der Waals surface area contributed by atoms with Gasteiger partial charge in [-0.1, -0.05) is 24.3 Å². The summed E-state index contributed by atoms with van der Waals surface area (Å²) in [5.41, 5.74) is 0.307. The van der Waals surface area contributed by atoms with Crippen LogP contribution in [0.5, 0.6) is 5.75 Å². The topological polar surface area (TPSA) is 65.1 Å². The number of fused-ring (bicyclic) bond motifs is 1. The minimum absolute atomic E-state index is 0.0433. The Bertz CT molecular complexity index is 758. The van der Waals surface area contributed by atoms with Crippen molar-refractivity contribution in [2.75, 3.05) is 20.3 Å². The Labute approximate surface area is 152 Å². The molecule has 0 saturated carbocycles. The minimum atomic E-state index is -0.708. The summed E-state index contributed by atoms with van der Waals surface area (Å²) in [6, 6.07) is 7.57. The van der Waals surface area contributed by atoms with Crippen LogP contribution in [0.2, 0.25) is 0 Å². The van der Waals surface area contributed by atoms with Crippen LogP contribution in [0.3, 0.4) is 0 Å². The fourth-order valence-corrected chi connectivity index (χ4v) is 4.43. The van der Waals surface area contributed by atoms with Gasteiger partial charge in [-0.25, -0.2) is 0 Å². The monoisotopic (exact) mass is 357 g/mol. The molecule has 1 amide bonds. The molecule has 5 atom stereocenters. The highest BCUT2D eigenvalue weighted by atomic mass is 16.6. The third-order valence-electron chi connectivity index (χ3n) is 5.75. The maximum absolute atomic E-state index is 13.2. The average Bonchev–Trinajstić information content (AvgIpc) is 3.29. The predicted molar refractivity (Wildman–Crippen MR) is 93.5 cm³/mol. The second-order valence-corrected chi connectivity index (χ2v) is 7.07. The first-order valence-electron chi connectivity index (χ1n) is 8.99. The molecule has 0 unspecified atom stereocenters. The second-order valence-electron chi connectivity index (χ2n) is 7.07. The van der Waals surface area contributed by atoms with Crippen LogP contribution >= 0.6 is 0 Å². The van der Waals surface area contributed by atoms with Crippen molar-refractivity contribution < 1.29 is 23.8 Å². The van der Waals surface area contributed by atoms with Crippen LogP contribution in [-0.4, -0.2) is 48.7 Å². The van der Waals surface area contributed by atoms with Gasteiger partial charge >= 0.3 is 5.97 Å². The quantitative estimate of drug-likeness (QED) is 0.596. The van der Waals surface area contributed by atoms with E-state index >= 15 is 0 Å². The van der Waals surface area contributed by atoms with Crippen LogP contribution in [0.15, 0.2) is 36.4 Å². The van der Waals surface area contributed by atoms with E-state index in [9.17, 15) is 9.59 Å². The summed E-state index contributed by atoms with van der Waals surface area (Å²) < 4.78 is 16.5. The van der Waals surface area contributed by atoms with E-state index in [0.29, 0.717) is 13.2 Å². The molecular formula is C20H23NO5. The van der Waals surface area contributed by atoms with Gasteiger partial charge in [0.05, 0.1) is 38.3 Å². The summed E-state index contributed by atoms with van der Waals surface area (Å²) in [5.74, 6) is -0.673. The molecule has 3 heterocycles. The maximum Gasteiger partial charge on any atom is 0.312 e. The van der Waals surface area contributed by atoms with Crippen molar-refractivity contribution in [3.8, 4) is 5.75 Å². The molecule has 0 aliphatic carbocycles. The van der Waals surface area contributed by atoms with Crippen LogP contribution in [-0.2, 0) is 19.1 Å². The Morgan fingerprint density at radius 3 is 2.77 bits per heavy atom. The number of carbonyl (C=O) groups excluding carboxylic acids is 2. The van der Waals surface area contributed by atoms with Crippen LogP contribution in [0, 0.1) is 11.8 Å². The molecule has 2 fully saturated rings. The van der Waals surface area contributed by atoms with Gasteiger partial charge in [0, 0.05) is 0 Å². The predicted octanol–water partition coefficient (Wildman–Crippen LogP) is 2.10. The van der Waals surface area contributed by atoms with Crippen LogP contribution in [0.25, 0.3) is 0 Å². The molecule has 3 aliphatic rings. The summed E-state index contributed by atoms with van der Waals surface area (Å²) in [4.78, 5) is 27.4. The summed E-state index contributed by atoms with van der Waals surface area (Å²) in [6.45, 7) is 4.51. The molecule has 2 bridgehead atoms. The zero-order chi connectivity index (χ0) is 18.5. The van der Waals surface area contributed by atoms with E-state index < -0.39 is 17.4 Å². The van der Waals surface area contributed by atoms with Gasteiger partial charge in [-0.15, -0.1) is 0 Å². The van der Waals surface area contributed by atoms with Gasteiger partial charge in [0.1, 0.15) is 17.3 Å². The van der Waals surface area contributed by atoms with Gasteiger partial charge in [-0.2, -0.15) is 0 Å². The average molecular weight is 357 g/mol. The number of rotatable bonds is 5. The fraction of sp³-hybridized carbons (Fsp3) is 0.500. The second kappa shape index (κ2) is 6.13. The Morgan fingerprint density at radius 1 is 1.38 bits per heavy atom. The highest BCUT2D eigenvalue weighted by Gasteiger charge is 2.67. The molecule has 138 valence electrons. The lowest BCUT2D eigenvalue weighted by atomic mass is 9.77. The number of methoxy groups -OCH3 is 1. The molecule has 26 heavy (non-hydrogen) atoms. The van der Waals surface area contributed by atoms with Gasteiger partial charge in [-0.3, -0.25) is 9.59 Å². The lowest BCUT2D eigenvalue weighted by Crippen LogP contribution is -2.40. The molecule has 1 spiro atoms. The summed E-state index contributed by atoms with van der Waals surface area (Å²) in [6.07, 6.45) is 3.49. The van der Waals surface area contributed by atoms with Crippen molar-refractivity contribution in [3.05, 3.63) is 42.0 Å². The van der Waals surface area contributed by atoms with E-state index in [-0.39, 0.29) is 24.0 Å². The summed E-state index contributed by atoms with van der Waals surface area (Å²) in [7, 11) is 1.62. The molecule has 3 aliphatic heterocycles. The molecule has 4 rings (SSSR count). The van der Waals surface area contributed by atoms with Crippen molar-refractivity contribution in [1.82, 2.24) is 4.90 Å². The number of esters is 1. The van der Waals surface area contributed by atoms with Crippen LogP contribution < -0.4 is 4.74 Å². The van der Waals surface area contributed by atoms with Gasteiger partial charge in [-0.05, 0) is 31.5 Å². The van der Waals surface area contributed by atoms with Crippen molar-refractivity contribution >= 4 is 11.9 Å². The van der Waals surface area contributed by atoms with Crippen LogP contribution in [0.1, 0.15) is 25.5 Å². The highest BCUT2D eigenvalue weighted by molar-refractivity contribution is 5.91. The first-order valence-corrected chi connectivity index (χ1v) is 8.99. The molecule has 0 aromatic heterocycles. The van der Waals surface area contributed by atoms with Crippen molar-refractivity contribution in [2.45, 2.75) is 31.6 Å². The smallest absolute Gasteiger partial charge is 0.312 e. The number of amides is 1. The number of benzene rings is 1. The number of hydrogen-bond acceptors (Lipinski definition) is 5. The molecule has 0 N–H and O–H groups in total. The minimum Gasteiger partial charge on any atom is -0.497 e. The molecular weight excluding hydrogens is 334 g/mol. The maximum atomic E-state index is 13.2. The number of hydrogen-bond donors (Lipinski definition) is 0. The number of ether oxygens (including phenoxy) is 3. The summed E-state index contributed by atoms with van der Waals surface area (Å²) >= 11 is 0. The standard InChI is InChI=1S/C20H23NO5/c1-4-25-19(23)16-15-9-10-20(26-15)11-21(18(22)17(16)20)12(2)13-5-7-14(24-3)8-6-13/h5-10,12,15-17H,4,11H2,1-3H3/t12-,15+,16-,17+,20-/m0/s1. The van der Waals surface area contributed by atoms with Gasteiger partial charge in [0.15, 0.2) is 0 Å². The number of likely N-dealkylation sites (tertiary alicyclic amines) is 1. The highest BCUT2D eigenvalue weighted by Crippen LogP contribution is 2.53. The molecule has 1 aromatic carbocycles. The number of carbonyl (C=O) groups is 2. The first kappa shape index (κ1) is 17.1. The zero-order valence-corrected chi connectivity index (χ0v) is 15.2. The molecule has 1 aromatic rings. The van der Waals surface area contributed by atoms with Gasteiger partial charge < -0.3 is 19.1 Å². The lowest BCUT2D eigenvalue weighted by molar-refractivity contribution is -0.153. The molecule has 0 radical (unpaired) electrons. The Balaban J connectivity index is 1.60. The third-order valence-corrected chi connectivity index (χ3v) is 5.75. The molecule has 2 saturated heterocycles. The van der Waals surface area contributed by atoms with E-state index in [1.807, 2.05) is 48.2 Å². The van der Waals surface area contributed by atoms with Crippen molar-refractivity contribution in [1.29, 1.82) is 0 Å². The zero-order valence-electron chi connectivity index (χ0n) is 15.2. The Hall–Kier alpha value is -2.34. The van der Waals surface area contributed by atoms with E-state index in [1.54, 1.807) is 14.0 Å². The van der Waals surface area contributed by atoms with Crippen LogP contribution in [0.4, 0.5) is 0 Å². The first-order chi connectivity index (χ1) is 12.5. The fourth-order valence-electron chi connectivity index (χ4n) is 4.43. The van der Waals surface area contributed by atoms with E-state index in [2.05, 4.69) is 0 Å². The Kier molecular flexibility index (Phi) is 4.03.